The van der Waals surface area contributed by atoms with Crippen LogP contribution in [-0.2, 0) is 16.1 Å². The lowest BCUT2D eigenvalue weighted by Crippen LogP contribution is -2.31. The van der Waals surface area contributed by atoms with Crippen molar-refractivity contribution in [3.8, 4) is 0 Å². The molecular weight excluding hydrogens is 280 g/mol. The van der Waals surface area contributed by atoms with E-state index < -0.39 is 22.8 Å². The Kier molecular flexibility index (Phi) is 3.57. The fourth-order valence-corrected chi connectivity index (χ4v) is 1.99. The van der Waals surface area contributed by atoms with Gasteiger partial charge in [-0.05, 0) is 6.07 Å². The Morgan fingerprint density at radius 2 is 1.90 bits per heavy atom. The summed E-state index contributed by atoms with van der Waals surface area (Å²) in [6.07, 6.45) is 0. The van der Waals surface area contributed by atoms with Gasteiger partial charge in [0.15, 0.2) is 0 Å². The van der Waals surface area contributed by atoms with Crippen LogP contribution in [0.5, 0.6) is 0 Å². The molecule has 9 heteroatoms. The maximum absolute atomic E-state index is 11.8. The second kappa shape index (κ2) is 5.19. The minimum atomic E-state index is -0.948. The topological polar surface area (TPSA) is 113 Å². The number of imide groups is 2. The van der Waals surface area contributed by atoms with Gasteiger partial charge in [0.05, 0.1) is 11.5 Å². The number of hydrogen-bond acceptors (Lipinski definition) is 6. The smallest absolute Gasteiger partial charge is 0.334 e. The molecule has 9 nitrogen and oxygen atoms in total. The SMILES string of the molecule is CNc1ccc([N+](=O)[O-])cc1CN1C(=O)C(=O)N(C)C1=O. The zero-order valence-corrected chi connectivity index (χ0v) is 11.3. The molecule has 0 radical (unpaired) electrons. The fourth-order valence-electron chi connectivity index (χ4n) is 1.99. The summed E-state index contributed by atoms with van der Waals surface area (Å²) in [5.74, 6) is -1.87. The minimum absolute atomic E-state index is 0.164. The molecule has 0 bridgehead atoms. The monoisotopic (exact) mass is 292 g/mol. The zero-order valence-electron chi connectivity index (χ0n) is 11.3. The van der Waals surface area contributed by atoms with Gasteiger partial charge in [-0.15, -0.1) is 0 Å². The largest absolute Gasteiger partial charge is 0.388 e. The van der Waals surface area contributed by atoms with Crippen LogP contribution < -0.4 is 5.32 Å². The molecule has 1 fully saturated rings. The third-order valence-corrected chi connectivity index (χ3v) is 3.15. The van der Waals surface area contributed by atoms with Crippen molar-refractivity contribution in [1.82, 2.24) is 9.80 Å². The van der Waals surface area contributed by atoms with E-state index in [9.17, 15) is 24.5 Å². The third-order valence-electron chi connectivity index (χ3n) is 3.15. The van der Waals surface area contributed by atoms with Crippen molar-refractivity contribution in [3.05, 3.63) is 33.9 Å². The molecule has 0 spiro atoms. The number of urea groups is 1. The van der Waals surface area contributed by atoms with E-state index in [1.165, 1.54) is 25.2 Å². The first-order valence-corrected chi connectivity index (χ1v) is 5.95. The Hall–Kier alpha value is -2.97. The van der Waals surface area contributed by atoms with E-state index in [2.05, 4.69) is 5.32 Å². The number of carbonyl (C=O) groups is 3. The lowest BCUT2D eigenvalue weighted by molar-refractivity contribution is -0.384. The van der Waals surface area contributed by atoms with E-state index in [0.29, 0.717) is 16.2 Å². The van der Waals surface area contributed by atoms with E-state index in [1.54, 1.807) is 7.05 Å². The summed E-state index contributed by atoms with van der Waals surface area (Å²) >= 11 is 0. The first-order valence-electron chi connectivity index (χ1n) is 5.95. The van der Waals surface area contributed by atoms with Crippen molar-refractivity contribution in [2.45, 2.75) is 6.54 Å². The molecule has 1 aromatic rings. The summed E-state index contributed by atoms with van der Waals surface area (Å²) in [6, 6.07) is 3.29. The highest BCUT2D eigenvalue weighted by Gasteiger charge is 2.42. The van der Waals surface area contributed by atoms with Gasteiger partial charge in [0.1, 0.15) is 0 Å². The Labute approximate surface area is 119 Å². The number of rotatable bonds is 4. The van der Waals surface area contributed by atoms with Crippen LogP contribution in [0.1, 0.15) is 5.56 Å². The first-order chi connectivity index (χ1) is 9.86. The zero-order chi connectivity index (χ0) is 15.7. The summed E-state index contributed by atoms with van der Waals surface area (Å²) in [7, 11) is 2.81. The highest BCUT2D eigenvalue weighted by atomic mass is 16.6. The van der Waals surface area contributed by atoms with Crippen LogP contribution in [0.4, 0.5) is 16.2 Å². The number of carbonyl (C=O) groups excluding carboxylic acids is 3. The molecule has 1 aliphatic heterocycles. The molecular formula is C12H12N4O5. The molecule has 0 aromatic heterocycles. The lowest BCUT2D eigenvalue weighted by atomic mass is 10.1. The second-order valence-corrected chi connectivity index (χ2v) is 4.39. The van der Waals surface area contributed by atoms with Crippen LogP contribution in [0, 0.1) is 10.1 Å². The highest BCUT2D eigenvalue weighted by Crippen LogP contribution is 2.25. The van der Waals surface area contributed by atoms with Crippen LogP contribution >= 0.6 is 0 Å². The van der Waals surface area contributed by atoms with Crippen LogP contribution in [0.15, 0.2) is 18.2 Å². The predicted octanol–water partition coefficient (Wildman–Crippen LogP) is 0.557. The molecule has 1 saturated heterocycles. The molecule has 1 aliphatic rings. The van der Waals surface area contributed by atoms with Crippen molar-refractivity contribution in [1.29, 1.82) is 0 Å². The summed E-state index contributed by atoms with van der Waals surface area (Å²) in [6.45, 7) is -0.217. The number of anilines is 1. The van der Waals surface area contributed by atoms with Crippen molar-refractivity contribution in [3.63, 3.8) is 0 Å². The molecule has 0 atom stereocenters. The number of hydrogen-bond donors (Lipinski definition) is 1. The average molecular weight is 292 g/mol. The molecule has 0 saturated carbocycles. The maximum Gasteiger partial charge on any atom is 0.334 e. The standard InChI is InChI=1S/C12H12N4O5/c1-13-9-4-3-8(16(20)21)5-7(9)6-15-11(18)10(17)14(2)12(15)19/h3-5,13H,6H2,1-2H3. The van der Waals surface area contributed by atoms with E-state index in [-0.39, 0.29) is 12.2 Å². The molecule has 1 aromatic carbocycles. The van der Waals surface area contributed by atoms with Gasteiger partial charge < -0.3 is 5.32 Å². The van der Waals surface area contributed by atoms with Crippen LogP contribution in [-0.4, -0.2) is 46.7 Å². The number of benzene rings is 1. The van der Waals surface area contributed by atoms with Crippen LogP contribution in [0.25, 0.3) is 0 Å². The van der Waals surface area contributed by atoms with E-state index in [4.69, 9.17) is 0 Å². The van der Waals surface area contributed by atoms with Crippen molar-refractivity contribution >= 4 is 29.2 Å². The van der Waals surface area contributed by atoms with E-state index in [1.807, 2.05) is 0 Å². The summed E-state index contributed by atoms with van der Waals surface area (Å²) < 4.78 is 0. The maximum atomic E-state index is 11.8. The Morgan fingerprint density at radius 1 is 1.24 bits per heavy atom. The lowest BCUT2D eigenvalue weighted by Gasteiger charge is -2.15. The summed E-state index contributed by atoms with van der Waals surface area (Å²) in [5.41, 5.74) is 0.738. The van der Waals surface area contributed by atoms with Crippen LogP contribution in [0.2, 0.25) is 0 Å². The number of amides is 4. The van der Waals surface area contributed by atoms with Crippen LogP contribution in [0.3, 0.4) is 0 Å². The molecule has 1 N–H and O–H groups in total. The van der Waals surface area contributed by atoms with Gasteiger partial charge in [-0.2, -0.15) is 0 Å². The first kappa shape index (κ1) is 14.4. The Morgan fingerprint density at radius 3 is 2.38 bits per heavy atom. The van der Waals surface area contributed by atoms with Crippen molar-refractivity contribution < 1.29 is 19.3 Å². The molecule has 21 heavy (non-hydrogen) atoms. The number of nitro groups is 1. The Bertz CT molecular complexity index is 657. The fraction of sp³-hybridized carbons (Fsp3) is 0.250. The highest BCUT2D eigenvalue weighted by molar-refractivity contribution is 6.44. The molecule has 0 unspecified atom stereocenters. The number of non-ortho nitro benzene ring substituents is 1. The quantitative estimate of drug-likeness (QED) is 0.375. The molecule has 2 rings (SSSR count). The number of nitrogens with zero attached hydrogens (tertiary/aromatic N) is 3. The van der Waals surface area contributed by atoms with Gasteiger partial charge in [0.2, 0.25) is 0 Å². The molecule has 1 heterocycles. The minimum Gasteiger partial charge on any atom is -0.388 e. The molecule has 4 amide bonds. The predicted molar refractivity (Wildman–Crippen MR) is 71.4 cm³/mol. The van der Waals surface area contributed by atoms with E-state index in [0.717, 1.165) is 4.90 Å². The van der Waals surface area contributed by atoms with E-state index >= 15 is 0 Å². The number of nitrogens with one attached hydrogen (secondary N) is 1. The van der Waals surface area contributed by atoms with Gasteiger partial charge in [-0.3, -0.25) is 29.5 Å². The van der Waals surface area contributed by atoms with Gasteiger partial charge >= 0.3 is 17.8 Å². The normalized spacial score (nSPS) is 14.9. The summed E-state index contributed by atoms with van der Waals surface area (Å²) in [5, 5.41) is 13.6. The average Bonchev–Trinajstić information content (AvgIpc) is 2.65. The molecule has 110 valence electrons. The molecule has 0 aliphatic carbocycles. The third kappa shape index (κ3) is 2.40. The second-order valence-electron chi connectivity index (χ2n) is 4.39. The summed E-state index contributed by atoms with van der Waals surface area (Å²) in [4.78, 5) is 46.6. The van der Waals surface area contributed by atoms with Gasteiger partial charge in [0.25, 0.3) is 5.69 Å². The van der Waals surface area contributed by atoms with Gasteiger partial charge in [-0.25, -0.2) is 4.79 Å². The van der Waals surface area contributed by atoms with Crippen molar-refractivity contribution in [2.24, 2.45) is 0 Å². The number of nitro benzene ring substituents is 1. The van der Waals surface area contributed by atoms with Crippen molar-refractivity contribution in [2.75, 3.05) is 19.4 Å². The Balaban J connectivity index is 2.37. The number of likely N-dealkylation sites (N-methyl/N-ethyl adjacent to an activating group) is 1. The van der Waals surface area contributed by atoms with Gasteiger partial charge in [-0.1, -0.05) is 0 Å². The van der Waals surface area contributed by atoms with Gasteiger partial charge in [0, 0.05) is 37.5 Å².